The number of ether oxygens (including phenoxy) is 2. The fourth-order valence-corrected chi connectivity index (χ4v) is 1.96. The fourth-order valence-electron chi connectivity index (χ4n) is 1.44. The number of halogens is 1. The van der Waals surface area contributed by atoms with Gasteiger partial charge in [-0.25, -0.2) is 0 Å². The minimum absolute atomic E-state index is 0.0529. The summed E-state index contributed by atoms with van der Waals surface area (Å²) in [6.07, 6.45) is 0. The molecule has 1 aromatic rings. The topological polar surface area (TPSA) is 61.6 Å². The van der Waals surface area contributed by atoms with Crippen molar-refractivity contribution in [2.45, 2.75) is 20.5 Å². The summed E-state index contributed by atoms with van der Waals surface area (Å²) in [5.41, 5.74) is 0.815. The zero-order chi connectivity index (χ0) is 14.3. The van der Waals surface area contributed by atoms with E-state index in [1.54, 1.807) is 12.1 Å². The van der Waals surface area contributed by atoms with Crippen LogP contribution in [-0.2, 0) is 16.1 Å². The van der Waals surface area contributed by atoms with Crippen molar-refractivity contribution < 1.29 is 14.4 Å². The van der Waals surface area contributed by atoms with Crippen molar-refractivity contribution in [3.05, 3.63) is 38.3 Å². The Bertz CT molecular complexity index is 423. The Kier molecular flexibility index (Phi) is 6.97. The third-order valence-electron chi connectivity index (χ3n) is 2.34. The lowest BCUT2D eigenvalue weighted by Gasteiger charge is -2.08. The van der Waals surface area contributed by atoms with Gasteiger partial charge in [-0.05, 0) is 27.4 Å². The fraction of sp³-hybridized carbons (Fsp3) is 0.538. The monoisotopic (exact) mass is 331 g/mol. The third kappa shape index (κ3) is 5.67. The van der Waals surface area contributed by atoms with Gasteiger partial charge >= 0.3 is 0 Å². The van der Waals surface area contributed by atoms with E-state index in [1.165, 1.54) is 6.07 Å². The van der Waals surface area contributed by atoms with Gasteiger partial charge in [-0.15, -0.1) is 0 Å². The summed E-state index contributed by atoms with van der Waals surface area (Å²) in [7, 11) is 0. The van der Waals surface area contributed by atoms with Crippen LogP contribution in [0.1, 0.15) is 19.4 Å². The molecule has 0 aliphatic carbocycles. The van der Waals surface area contributed by atoms with E-state index in [0.29, 0.717) is 36.8 Å². The molecule has 0 bridgehead atoms. The second kappa shape index (κ2) is 8.24. The maximum atomic E-state index is 10.8. The second-order valence-electron chi connectivity index (χ2n) is 4.53. The summed E-state index contributed by atoms with van der Waals surface area (Å²) in [4.78, 5) is 10.4. The van der Waals surface area contributed by atoms with Crippen molar-refractivity contribution in [3.63, 3.8) is 0 Å². The smallest absolute Gasteiger partial charge is 0.283 e. The lowest BCUT2D eigenvalue weighted by atomic mass is 10.2. The van der Waals surface area contributed by atoms with Gasteiger partial charge in [0.25, 0.3) is 5.69 Å². The van der Waals surface area contributed by atoms with Crippen molar-refractivity contribution in [2.75, 3.05) is 19.8 Å². The standard InChI is InChI=1S/C13H18BrNO4/c1-10(2)8-18-6-7-19-9-11-4-3-5-12(13(11)14)15(16)17/h3-5,10H,6-9H2,1-2H3. The number of nitro groups is 1. The number of benzene rings is 1. The average molecular weight is 332 g/mol. The number of nitro benzene ring substituents is 1. The molecule has 0 aromatic heterocycles. The molecule has 0 N–H and O–H groups in total. The van der Waals surface area contributed by atoms with Gasteiger partial charge in [0, 0.05) is 12.7 Å². The van der Waals surface area contributed by atoms with E-state index in [4.69, 9.17) is 9.47 Å². The van der Waals surface area contributed by atoms with Crippen molar-refractivity contribution >= 4 is 21.6 Å². The number of hydrogen-bond donors (Lipinski definition) is 0. The van der Waals surface area contributed by atoms with Crippen LogP contribution in [0.4, 0.5) is 5.69 Å². The molecular formula is C13H18BrNO4. The summed E-state index contributed by atoms with van der Waals surface area (Å²) in [5.74, 6) is 0.505. The number of rotatable bonds is 8. The highest BCUT2D eigenvalue weighted by Crippen LogP contribution is 2.28. The van der Waals surface area contributed by atoms with E-state index in [9.17, 15) is 10.1 Å². The average Bonchev–Trinajstić information content (AvgIpc) is 2.34. The van der Waals surface area contributed by atoms with Crippen LogP contribution in [0.25, 0.3) is 0 Å². The van der Waals surface area contributed by atoms with E-state index >= 15 is 0 Å². The molecule has 0 heterocycles. The highest BCUT2D eigenvalue weighted by Gasteiger charge is 2.14. The van der Waals surface area contributed by atoms with Crippen molar-refractivity contribution in [1.29, 1.82) is 0 Å². The summed E-state index contributed by atoms with van der Waals surface area (Å²) in [6.45, 7) is 6.21. The minimum atomic E-state index is -0.417. The molecule has 0 atom stereocenters. The van der Waals surface area contributed by atoms with Crippen molar-refractivity contribution in [1.82, 2.24) is 0 Å². The highest BCUT2D eigenvalue weighted by molar-refractivity contribution is 9.10. The zero-order valence-electron chi connectivity index (χ0n) is 11.1. The Hall–Kier alpha value is -0.980. The molecule has 0 radical (unpaired) electrons. The number of hydrogen-bond acceptors (Lipinski definition) is 4. The predicted octanol–water partition coefficient (Wildman–Crippen LogP) is 3.55. The van der Waals surface area contributed by atoms with Crippen LogP contribution < -0.4 is 0 Å². The molecule has 0 unspecified atom stereocenters. The molecule has 0 saturated carbocycles. The van der Waals surface area contributed by atoms with Crippen LogP contribution in [0, 0.1) is 16.0 Å². The molecule has 1 aromatic carbocycles. The molecule has 19 heavy (non-hydrogen) atoms. The third-order valence-corrected chi connectivity index (χ3v) is 3.25. The Morgan fingerprint density at radius 3 is 2.63 bits per heavy atom. The molecule has 106 valence electrons. The SMILES string of the molecule is CC(C)COCCOCc1cccc([N+](=O)[O-])c1Br. The first-order chi connectivity index (χ1) is 9.02. The van der Waals surface area contributed by atoms with E-state index < -0.39 is 4.92 Å². The van der Waals surface area contributed by atoms with Gasteiger partial charge in [-0.2, -0.15) is 0 Å². The maximum absolute atomic E-state index is 10.8. The van der Waals surface area contributed by atoms with Crippen molar-refractivity contribution in [3.8, 4) is 0 Å². The minimum Gasteiger partial charge on any atom is -0.379 e. The summed E-state index contributed by atoms with van der Waals surface area (Å²) < 4.78 is 11.3. The van der Waals surface area contributed by atoms with Crippen LogP contribution in [0.3, 0.4) is 0 Å². The summed E-state index contributed by atoms with van der Waals surface area (Å²) in [5, 5.41) is 10.8. The Morgan fingerprint density at radius 2 is 2.00 bits per heavy atom. The van der Waals surface area contributed by atoms with Gasteiger partial charge in [0.15, 0.2) is 0 Å². The van der Waals surface area contributed by atoms with Gasteiger partial charge in [-0.1, -0.05) is 26.0 Å². The molecule has 0 spiro atoms. The maximum Gasteiger partial charge on any atom is 0.283 e. The Labute approximate surface area is 121 Å². The largest absolute Gasteiger partial charge is 0.379 e. The lowest BCUT2D eigenvalue weighted by Crippen LogP contribution is -2.08. The lowest BCUT2D eigenvalue weighted by molar-refractivity contribution is -0.385. The molecule has 6 heteroatoms. The Morgan fingerprint density at radius 1 is 1.32 bits per heavy atom. The molecular weight excluding hydrogens is 314 g/mol. The Balaban J connectivity index is 2.37. The molecule has 0 saturated heterocycles. The van der Waals surface area contributed by atoms with Gasteiger partial charge in [-0.3, -0.25) is 10.1 Å². The second-order valence-corrected chi connectivity index (χ2v) is 5.32. The summed E-state index contributed by atoms with van der Waals surface area (Å²) >= 11 is 3.23. The van der Waals surface area contributed by atoms with Crippen molar-refractivity contribution in [2.24, 2.45) is 5.92 Å². The van der Waals surface area contributed by atoms with Crippen LogP contribution in [0.2, 0.25) is 0 Å². The van der Waals surface area contributed by atoms with E-state index in [1.807, 2.05) is 0 Å². The number of nitrogens with zero attached hydrogens (tertiary/aromatic N) is 1. The molecule has 5 nitrogen and oxygen atoms in total. The normalized spacial score (nSPS) is 10.9. The highest BCUT2D eigenvalue weighted by atomic mass is 79.9. The molecule has 1 rings (SSSR count). The van der Waals surface area contributed by atoms with Crippen LogP contribution in [0.5, 0.6) is 0 Å². The zero-order valence-corrected chi connectivity index (χ0v) is 12.7. The molecule has 0 fully saturated rings. The van der Waals surface area contributed by atoms with Gasteiger partial charge in [0.2, 0.25) is 0 Å². The molecule has 0 aliphatic heterocycles. The molecule has 0 amide bonds. The van der Waals surface area contributed by atoms with Gasteiger partial charge < -0.3 is 9.47 Å². The quantitative estimate of drug-likeness (QED) is 0.415. The molecule has 0 aliphatic rings. The van der Waals surface area contributed by atoms with Gasteiger partial charge in [0.1, 0.15) is 4.47 Å². The summed E-state index contributed by atoms with van der Waals surface area (Å²) in [6, 6.07) is 4.90. The van der Waals surface area contributed by atoms with E-state index in [2.05, 4.69) is 29.8 Å². The first-order valence-corrected chi connectivity index (χ1v) is 6.89. The predicted molar refractivity (Wildman–Crippen MR) is 76.1 cm³/mol. The van der Waals surface area contributed by atoms with Crippen LogP contribution in [0.15, 0.2) is 22.7 Å². The first kappa shape index (κ1) is 16.1. The van der Waals surface area contributed by atoms with Gasteiger partial charge in [0.05, 0.1) is 24.7 Å². The van der Waals surface area contributed by atoms with E-state index in [-0.39, 0.29) is 5.69 Å². The van der Waals surface area contributed by atoms with Crippen LogP contribution in [-0.4, -0.2) is 24.7 Å². The van der Waals surface area contributed by atoms with E-state index in [0.717, 1.165) is 5.56 Å². The first-order valence-electron chi connectivity index (χ1n) is 6.09. The van der Waals surface area contributed by atoms with Crippen LogP contribution >= 0.6 is 15.9 Å².